The summed E-state index contributed by atoms with van der Waals surface area (Å²) in [5, 5.41) is 10.4. The number of nitrogens with zero attached hydrogens (tertiary/aromatic N) is 2. The Morgan fingerprint density at radius 3 is 2.63 bits per heavy atom. The molecule has 1 N–H and O–H groups in total. The number of aliphatic hydroxyl groups excluding tert-OH is 1. The molecule has 27 heavy (non-hydrogen) atoms. The van der Waals surface area contributed by atoms with E-state index in [9.17, 15) is 14.7 Å². The van der Waals surface area contributed by atoms with E-state index in [0.717, 1.165) is 6.54 Å². The van der Waals surface area contributed by atoms with Crippen LogP contribution in [-0.2, 0) is 9.59 Å². The summed E-state index contributed by atoms with van der Waals surface area (Å²) in [5.74, 6) is -0.619. The van der Waals surface area contributed by atoms with E-state index < -0.39 is 23.5 Å². The Balaban J connectivity index is 1.87. The van der Waals surface area contributed by atoms with Crippen molar-refractivity contribution >= 4 is 17.8 Å². The molecule has 1 atom stereocenters. The number of furan rings is 2. The van der Waals surface area contributed by atoms with Gasteiger partial charge in [-0.1, -0.05) is 0 Å². The number of carbonyl (C=O) groups excluding carboxylic acids is 2. The largest absolute Gasteiger partial charge is 0.503 e. The lowest BCUT2D eigenvalue weighted by atomic mass is 10.0. The SMILES string of the molecule is CN(C)CCCN1C(=O)C(O)=C(C(=O)/C=C/c2ccco2)C1c1ccco1. The lowest BCUT2D eigenvalue weighted by molar-refractivity contribution is -0.129. The molecule has 1 unspecified atom stereocenters. The van der Waals surface area contributed by atoms with Gasteiger partial charge in [-0.05, 0) is 63.5 Å². The first-order chi connectivity index (χ1) is 13.0. The topological polar surface area (TPSA) is 87.1 Å². The van der Waals surface area contributed by atoms with Crippen molar-refractivity contribution < 1.29 is 23.5 Å². The molecule has 0 aliphatic carbocycles. The van der Waals surface area contributed by atoms with Crippen molar-refractivity contribution in [3.63, 3.8) is 0 Å². The maximum atomic E-state index is 12.8. The highest BCUT2D eigenvalue weighted by Gasteiger charge is 2.44. The van der Waals surface area contributed by atoms with Crippen LogP contribution in [0.15, 0.2) is 63.0 Å². The van der Waals surface area contributed by atoms with E-state index >= 15 is 0 Å². The molecule has 0 spiro atoms. The average Bonchev–Trinajstić information content (AvgIpc) is 3.37. The van der Waals surface area contributed by atoms with E-state index in [-0.39, 0.29) is 5.57 Å². The Bertz CT molecular complexity index is 847. The number of allylic oxidation sites excluding steroid dienone is 1. The summed E-state index contributed by atoms with van der Waals surface area (Å²) < 4.78 is 10.6. The van der Waals surface area contributed by atoms with Crippen LogP contribution in [0.25, 0.3) is 6.08 Å². The monoisotopic (exact) mass is 370 g/mol. The quantitative estimate of drug-likeness (QED) is 0.719. The Morgan fingerprint density at radius 2 is 2.00 bits per heavy atom. The minimum Gasteiger partial charge on any atom is -0.503 e. The van der Waals surface area contributed by atoms with Crippen LogP contribution < -0.4 is 0 Å². The Morgan fingerprint density at radius 1 is 1.26 bits per heavy atom. The first-order valence-corrected chi connectivity index (χ1v) is 8.67. The minimum atomic E-state index is -0.747. The second-order valence-corrected chi connectivity index (χ2v) is 6.55. The third-order valence-corrected chi connectivity index (χ3v) is 4.33. The predicted molar refractivity (Wildman–Crippen MR) is 98.7 cm³/mol. The fraction of sp³-hybridized carbons (Fsp3) is 0.300. The van der Waals surface area contributed by atoms with Gasteiger partial charge in [0.15, 0.2) is 11.5 Å². The molecular weight excluding hydrogens is 348 g/mol. The maximum Gasteiger partial charge on any atom is 0.290 e. The van der Waals surface area contributed by atoms with E-state index in [1.54, 1.807) is 24.3 Å². The van der Waals surface area contributed by atoms with Crippen LogP contribution in [-0.4, -0.2) is 53.8 Å². The van der Waals surface area contributed by atoms with Gasteiger partial charge in [0.05, 0.1) is 18.1 Å². The molecule has 0 saturated heterocycles. The maximum absolute atomic E-state index is 12.8. The van der Waals surface area contributed by atoms with Crippen LogP contribution >= 0.6 is 0 Å². The molecular formula is C20H22N2O5. The molecule has 3 rings (SSSR count). The van der Waals surface area contributed by atoms with Crippen LogP contribution in [0.2, 0.25) is 0 Å². The number of hydrogen-bond donors (Lipinski definition) is 1. The van der Waals surface area contributed by atoms with Crippen molar-refractivity contribution in [3.8, 4) is 0 Å². The van der Waals surface area contributed by atoms with E-state index in [1.807, 2.05) is 19.0 Å². The molecule has 2 aromatic rings. The second kappa shape index (κ2) is 8.09. The molecule has 0 fully saturated rings. The zero-order valence-electron chi connectivity index (χ0n) is 15.3. The highest BCUT2D eigenvalue weighted by molar-refractivity contribution is 6.14. The van der Waals surface area contributed by atoms with Gasteiger partial charge >= 0.3 is 0 Å². The van der Waals surface area contributed by atoms with Gasteiger partial charge in [0.2, 0.25) is 0 Å². The number of amides is 1. The predicted octanol–water partition coefficient (Wildman–Crippen LogP) is 2.80. The summed E-state index contributed by atoms with van der Waals surface area (Å²) in [6.45, 7) is 1.17. The molecule has 0 saturated carbocycles. The normalized spacial score (nSPS) is 17.7. The fourth-order valence-electron chi connectivity index (χ4n) is 3.07. The van der Waals surface area contributed by atoms with Crippen LogP contribution in [0.1, 0.15) is 24.0 Å². The highest BCUT2D eigenvalue weighted by Crippen LogP contribution is 2.38. The van der Waals surface area contributed by atoms with E-state index in [0.29, 0.717) is 24.5 Å². The lowest BCUT2D eigenvalue weighted by Gasteiger charge is -2.25. The van der Waals surface area contributed by atoms with E-state index in [2.05, 4.69) is 0 Å². The summed E-state index contributed by atoms with van der Waals surface area (Å²) >= 11 is 0. The fourth-order valence-corrected chi connectivity index (χ4v) is 3.07. The van der Waals surface area contributed by atoms with Gasteiger partial charge < -0.3 is 23.7 Å². The third kappa shape index (κ3) is 4.03. The van der Waals surface area contributed by atoms with Crippen molar-refractivity contribution in [2.45, 2.75) is 12.5 Å². The molecule has 1 aliphatic heterocycles. The summed E-state index contributed by atoms with van der Waals surface area (Å²) in [6, 6.07) is 6.05. The molecule has 0 bridgehead atoms. The molecule has 2 aromatic heterocycles. The van der Waals surface area contributed by atoms with Gasteiger partial charge in [0.25, 0.3) is 5.91 Å². The van der Waals surface area contributed by atoms with Crippen molar-refractivity contribution in [2.24, 2.45) is 0 Å². The van der Waals surface area contributed by atoms with Gasteiger partial charge in [-0.2, -0.15) is 0 Å². The van der Waals surface area contributed by atoms with Gasteiger partial charge in [-0.15, -0.1) is 0 Å². The van der Waals surface area contributed by atoms with Crippen LogP contribution in [0.4, 0.5) is 0 Å². The van der Waals surface area contributed by atoms with Crippen LogP contribution in [0.3, 0.4) is 0 Å². The number of hydrogen-bond acceptors (Lipinski definition) is 6. The number of rotatable bonds is 8. The number of carbonyl (C=O) groups is 2. The summed E-state index contributed by atoms with van der Waals surface area (Å²) in [5.41, 5.74) is 0.0163. The first kappa shape index (κ1) is 18.7. The first-order valence-electron chi connectivity index (χ1n) is 8.67. The third-order valence-electron chi connectivity index (χ3n) is 4.33. The summed E-state index contributed by atoms with van der Waals surface area (Å²) in [7, 11) is 3.89. The molecule has 0 radical (unpaired) electrons. The zero-order valence-corrected chi connectivity index (χ0v) is 15.3. The second-order valence-electron chi connectivity index (χ2n) is 6.55. The van der Waals surface area contributed by atoms with Crippen LogP contribution in [0.5, 0.6) is 0 Å². The zero-order chi connectivity index (χ0) is 19.4. The van der Waals surface area contributed by atoms with Gasteiger partial charge in [0.1, 0.15) is 17.6 Å². The van der Waals surface area contributed by atoms with Crippen molar-refractivity contribution in [3.05, 3.63) is 65.7 Å². The molecule has 3 heterocycles. The molecule has 142 valence electrons. The smallest absolute Gasteiger partial charge is 0.290 e. The van der Waals surface area contributed by atoms with Crippen LogP contribution in [0, 0.1) is 0 Å². The van der Waals surface area contributed by atoms with Gasteiger partial charge in [-0.3, -0.25) is 9.59 Å². The molecule has 1 amide bonds. The molecule has 7 heteroatoms. The summed E-state index contributed by atoms with van der Waals surface area (Å²) in [6.07, 6.45) is 6.47. The number of ketones is 1. The van der Waals surface area contributed by atoms with Crippen molar-refractivity contribution in [2.75, 3.05) is 27.2 Å². The van der Waals surface area contributed by atoms with Gasteiger partial charge in [-0.25, -0.2) is 0 Å². The Hall–Kier alpha value is -3.06. The Kier molecular flexibility index (Phi) is 5.61. The Labute approximate surface area is 157 Å². The molecule has 1 aliphatic rings. The number of aliphatic hydroxyl groups is 1. The standard InChI is InChI=1S/C20H22N2O5/c1-21(2)10-5-11-22-18(16-7-4-13-27-16)17(19(24)20(22)25)15(23)9-8-14-6-3-12-26-14/h3-4,6-9,12-13,18,24H,5,10-11H2,1-2H3/b9-8+. The van der Waals surface area contributed by atoms with E-state index in [4.69, 9.17) is 8.83 Å². The highest BCUT2D eigenvalue weighted by atomic mass is 16.3. The molecule has 7 nitrogen and oxygen atoms in total. The average molecular weight is 370 g/mol. The van der Waals surface area contributed by atoms with Crippen molar-refractivity contribution in [1.82, 2.24) is 9.80 Å². The lowest BCUT2D eigenvalue weighted by Crippen LogP contribution is -2.33. The van der Waals surface area contributed by atoms with Gasteiger partial charge in [0, 0.05) is 6.54 Å². The van der Waals surface area contributed by atoms with E-state index in [1.165, 1.54) is 29.6 Å². The minimum absolute atomic E-state index is 0.0163. The summed E-state index contributed by atoms with van der Waals surface area (Å²) in [4.78, 5) is 28.8. The van der Waals surface area contributed by atoms with Crippen molar-refractivity contribution in [1.29, 1.82) is 0 Å². The molecule has 0 aromatic carbocycles.